The van der Waals surface area contributed by atoms with Gasteiger partial charge >= 0.3 is 0 Å². The lowest BCUT2D eigenvalue weighted by molar-refractivity contribution is 0.0746. The molecule has 9 heteroatoms. The highest BCUT2D eigenvalue weighted by Crippen LogP contribution is 2.33. The molecule has 0 radical (unpaired) electrons. The molecule has 2 aromatic heterocycles. The summed E-state index contributed by atoms with van der Waals surface area (Å²) in [6, 6.07) is 5.30. The number of H-pyrrole nitrogens is 1. The van der Waals surface area contributed by atoms with Crippen LogP contribution in [0.3, 0.4) is 0 Å². The summed E-state index contributed by atoms with van der Waals surface area (Å²) >= 11 is 0. The van der Waals surface area contributed by atoms with Crippen LogP contribution in [0.25, 0.3) is 11.2 Å². The molecule has 3 aromatic rings. The van der Waals surface area contributed by atoms with Gasteiger partial charge in [-0.25, -0.2) is 15.0 Å². The minimum absolute atomic E-state index is 0.00248. The van der Waals surface area contributed by atoms with Crippen LogP contribution in [0.2, 0.25) is 0 Å². The van der Waals surface area contributed by atoms with Crippen LogP contribution in [0.15, 0.2) is 30.9 Å². The smallest absolute Gasteiger partial charge is 0.254 e. The molecule has 9 nitrogen and oxygen atoms in total. The molecule has 1 fully saturated rings. The highest BCUT2D eigenvalue weighted by atomic mass is 16.7. The van der Waals surface area contributed by atoms with Crippen LogP contribution in [0.1, 0.15) is 10.4 Å². The van der Waals surface area contributed by atoms with Crippen LogP contribution in [0, 0.1) is 0 Å². The van der Waals surface area contributed by atoms with Crippen molar-refractivity contribution < 1.29 is 14.3 Å². The Morgan fingerprint density at radius 1 is 1.04 bits per heavy atom. The summed E-state index contributed by atoms with van der Waals surface area (Å²) in [5.41, 5.74) is 2.08. The maximum absolute atomic E-state index is 12.8. The summed E-state index contributed by atoms with van der Waals surface area (Å²) in [7, 11) is 0. The lowest BCUT2D eigenvalue weighted by Crippen LogP contribution is -2.49. The molecule has 1 N–H and O–H groups in total. The number of fused-ring (bicyclic) bond motifs is 2. The number of benzene rings is 1. The molecule has 0 aliphatic carbocycles. The van der Waals surface area contributed by atoms with Crippen molar-refractivity contribution in [2.24, 2.45) is 0 Å². The van der Waals surface area contributed by atoms with Crippen molar-refractivity contribution in [1.82, 2.24) is 24.8 Å². The highest BCUT2D eigenvalue weighted by Gasteiger charge is 2.25. The number of piperazine rings is 1. The number of aromatic amines is 1. The number of ether oxygens (including phenoxy) is 2. The molecule has 5 rings (SSSR count). The van der Waals surface area contributed by atoms with E-state index in [0.29, 0.717) is 48.9 Å². The Morgan fingerprint density at radius 2 is 1.88 bits per heavy atom. The maximum atomic E-state index is 12.8. The van der Waals surface area contributed by atoms with Gasteiger partial charge in [0.2, 0.25) is 6.79 Å². The number of imidazole rings is 1. The molecule has 4 heterocycles. The van der Waals surface area contributed by atoms with Gasteiger partial charge in [-0.2, -0.15) is 0 Å². The Hall–Kier alpha value is -3.36. The Morgan fingerprint density at radius 3 is 2.77 bits per heavy atom. The summed E-state index contributed by atoms with van der Waals surface area (Å²) < 4.78 is 10.7. The molecule has 26 heavy (non-hydrogen) atoms. The van der Waals surface area contributed by atoms with Crippen molar-refractivity contribution in [3.63, 3.8) is 0 Å². The largest absolute Gasteiger partial charge is 0.454 e. The predicted molar refractivity (Wildman–Crippen MR) is 92.4 cm³/mol. The third-order valence-electron chi connectivity index (χ3n) is 4.69. The molecular formula is C17H16N6O3. The van der Waals surface area contributed by atoms with Gasteiger partial charge in [-0.15, -0.1) is 0 Å². The molecule has 0 bridgehead atoms. The van der Waals surface area contributed by atoms with Gasteiger partial charge in [-0.1, -0.05) is 0 Å². The highest BCUT2D eigenvalue weighted by molar-refractivity contribution is 5.95. The minimum atomic E-state index is -0.00248. The van der Waals surface area contributed by atoms with Crippen LogP contribution in [-0.4, -0.2) is 63.7 Å². The summed E-state index contributed by atoms with van der Waals surface area (Å²) in [6.07, 6.45) is 3.13. The van der Waals surface area contributed by atoms with Gasteiger partial charge < -0.3 is 24.3 Å². The summed E-state index contributed by atoms with van der Waals surface area (Å²) in [5.74, 6) is 2.12. The third-order valence-corrected chi connectivity index (χ3v) is 4.69. The summed E-state index contributed by atoms with van der Waals surface area (Å²) in [6.45, 7) is 2.83. The molecule has 2 aliphatic heterocycles. The number of anilines is 1. The van der Waals surface area contributed by atoms with E-state index in [2.05, 4.69) is 24.8 Å². The minimum Gasteiger partial charge on any atom is -0.454 e. The van der Waals surface area contributed by atoms with Gasteiger partial charge in [0.15, 0.2) is 23.0 Å². The standard InChI is InChI=1S/C17H16N6O3/c24-17(11-1-2-12-13(7-11)26-10-25-12)23-5-3-22(4-6-23)16-14-15(19-8-18-14)20-9-21-16/h1-2,7-9H,3-6,10H2,(H,18,19,20,21). The zero-order valence-electron chi connectivity index (χ0n) is 13.9. The van der Waals surface area contributed by atoms with Crippen LogP contribution < -0.4 is 14.4 Å². The van der Waals surface area contributed by atoms with Gasteiger partial charge in [-0.3, -0.25) is 4.79 Å². The van der Waals surface area contributed by atoms with E-state index >= 15 is 0 Å². The van der Waals surface area contributed by atoms with E-state index in [1.165, 1.54) is 6.33 Å². The fourth-order valence-corrected chi connectivity index (χ4v) is 3.33. The second-order valence-electron chi connectivity index (χ2n) is 6.15. The molecule has 1 saturated heterocycles. The Kier molecular flexibility index (Phi) is 3.37. The number of amides is 1. The van der Waals surface area contributed by atoms with E-state index in [9.17, 15) is 4.79 Å². The fraction of sp³-hybridized carbons (Fsp3) is 0.294. The van der Waals surface area contributed by atoms with Crippen molar-refractivity contribution >= 4 is 22.9 Å². The summed E-state index contributed by atoms with van der Waals surface area (Å²) in [4.78, 5) is 32.5. The van der Waals surface area contributed by atoms with E-state index < -0.39 is 0 Å². The lowest BCUT2D eigenvalue weighted by Gasteiger charge is -2.35. The fourth-order valence-electron chi connectivity index (χ4n) is 3.33. The molecular weight excluding hydrogens is 336 g/mol. The molecule has 0 atom stereocenters. The first-order valence-corrected chi connectivity index (χ1v) is 8.37. The van der Waals surface area contributed by atoms with E-state index in [1.54, 1.807) is 24.5 Å². The quantitative estimate of drug-likeness (QED) is 0.736. The van der Waals surface area contributed by atoms with E-state index in [0.717, 1.165) is 11.3 Å². The van der Waals surface area contributed by atoms with Gasteiger partial charge in [0.25, 0.3) is 5.91 Å². The number of carbonyl (C=O) groups excluding carboxylic acids is 1. The van der Waals surface area contributed by atoms with Crippen molar-refractivity contribution in [2.75, 3.05) is 37.9 Å². The molecule has 1 amide bonds. The first kappa shape index (κ1) is 14.9. The molecule has 0 unspecified atom stereocenters. The van der Waals surface area contributed by atoms with Crippen LogP contribution >= 0.6 is 0 Å². The van der Waals surface area contributed by atoms with Crippen molar-refractivity contribution in [3.8, 4) is 11.5 Å². The number of nitrogens with one attached hydrogen (secondary N) is 1. The number of hydrogen-bond donors (Lipinski definition) is 1. The van der Waals surface area contributed by atoms with Crippen molar-refractivity contribution in [2.45, 2.75) is 0 Å². The predicted octanol–water partition coefficient (Wildman–Crippen LogP) is 1.04. The monoisotopic (exact) mass is 352 g/mol. The number of hydrogen-bond acceptors (Lipinski definition) is 7. The Labute approximate surface area is 148 Å². The topological polar surface area (TPSA) is 96.5 Å². The maximum Gasteiger partial charge on any atom is 0.254 e. The number of rotatable bonds is 2. The average molecular weight is 352 g/mol. The first-order chi connectivity index (χ1) is 12.8. The molecule has 0 spiro atoms. The van der Waals surface area contributed by atoms with Crippen LogP contribution in [0.5, 0.6) is 11.5 Å². The van der Waals surface area contributed by atoms with Gasteiger partial charge in [0, 0.05) is 31.7 Å². The Bertz CT molecular complexity index is 980. The molecule has 0 saturated carbocycles. The van der Waals surface area contributed by atoms with Gasteiger partial charge in [-0.05, 0) is 18.2 Å². The van der Waals surface area contributed by atoms with Crippen molar-refractivity contribution in [1.29, 1.82) is 0 Å². The SMILES string of the molecule is O=C(c1ccc2c(c1)OCO2)N1CCN(c2ncnc3nc[nH]c23)CC1. The van der Waals surface area contributed by atoms with Gasteiger partial charge in [0.1, 0.15) is 11.8 Å². The summed E-state index contributed by atoms with van der Waals surface area (Å²) in [5, 5.41) is 0. The molecule has 1 aromatic carbocycles. The third kappa shape index (κ3) is 2.40. The zero-order chi connectivity index (χ0) is 17.5. The number of carbonyl (C=O) groups is 1. The lowest BCUT2D eigenvalue weighted by atomic mass is 10.1. The van der Waals surface area contributed by atoms with Gasteiger partial charge in [0.05, 0.1) is 6.33 Å². The van der Waals surface area contributed by atoms with E-state index in [1.807, 2.05) is 4.90 Å². The normalized spacial score (nSPS) is 16.3. The van der Waals surface area contributed by atoms with E-state index in [4.69, 9.17) is 9.47 Å². The Balaban J connectivity index is 1.31. The zero-order valence-corrected chi connectivity index (χ0v) is 13.9. The number of aromatic nitrogens is 4. The molecule has 2 aliphatic rings. The van der Waals surface area contributed by atoms with Crippen LogP contribution in [0.4, 0.5) is 5.82 Å². The first-order valence-electron chi connectivity index (χ1n) is 8.37. The van der Waals surface area contributed by atoms with Crippen molar-refractivity contribution in [3.05, 3.63) is 36.4 Å². The van der Waals surface area contributed by atoms with Crippen LogP contribution in [-0.2, 0) is 0 Å². The number of nitrogens with zero attached hydrogens (tertiary/aromatic N) is 5. The van der Waals surface area contributed by atoms with E-state index in [-0.39, 0.29) is 12.7 Å². The second-order valence-corrected chi connectivity index (χ2v) is 6.15. The molecule has 132 valence electrons. The second kappa shape index (κ2) is 5.87. The average Bonchev–Trinajstić information content (AvgIpc) is 3.35.